The number of nitrogens with one attached hydrogen (secondary N) is 1. The Balaban J connectivity index is 0.00000280. The van der Waals surface area contributed by atoms with Crippen molar-refractivity contribution in [2.24, 2.45) is 0 Å². The molecule has 1 aromatic carbocycles. The van der Waals surface area contributed by atoms with Crippen LogP contribution in [0.2, 0.25) is 0 Å². The molecule has 1 aromatic rings. The van der Waals surface area contributed by atoms with Gasteiger partial charge in [0.25, 0.3) is 0 Å². The van der Waals surface area contributed by atoms with Crippen molar-refractivity contribution < 1.29 is 19.1 Å². The van der Waals surface area contributed by atoms with Gasteiger partial charge in [-0.05, 0) is 37.0 Å². The monoisotopic (exact) mass is 411 g/mol. The van der Waals surface area contributed by atoms with E-state index in [1.165, 1.54) is 0 Å². The summed E-state index contributed by atoms with van der Waals surface area (Å²) in [5, 5.41) is 3.10. The second-order valence-corrected chi connectivity index (χ2v) is 7.12. The number of benzene rings is 1. The average Bonchev–Trinajstić information content (AvgIpc) is 2.72. The second kappa shape index (κ2) is 10.5. The fourth-order valence-electron chi connectivity index (χ4n) is 3.86. The number of carbonyl (C=O) groups excluding carboxylic acids is 2. The molecule has 0 radical (unpaired) electrons. The number of hydrogen-bond donors (Lipinski definition) is 1. The Morgan fingerprint density at radius 3 is 2.54 bits per heavy atom. The second-order valence-electron chi connectivity index (χ2n) is 7.12. The maximum atomic E-state index is 12.7. The normalized spacial score (nSPS) is 19.8. The van der Waals surface area contributed by atoms with Crippen molar-refractivity contribution in [1.29, 1.82) is 0 Å². The van der Waals surface area contributed by atoms with Gasteiger partial charge >= 0.3 is 0 Å². The van der Waals surface area contributed by atoms with E-state index in [1.807, 2.05) is 28.0 Å². The van der Waals surface area contributed by atoms with E-state index < -0.39 is 0 Å². The van der Waals surface area contributed by atoms with Crippen LogP contribution >= 0.6 is 12.4 Å². The molecule has 28 heavy (non-hydrogen) atoms. The molecule has 0 spiro atoms. The standard InChI is InChI=1S/C20H29N3O4.ClH/c1-26-17-10-15(11-18(12-17)27-2)5-6-19(24)22-8-3-4-16(14-22)23-9-7-21-13-20(23)25;/h10-12,16,21H,3-9,13-14H2,1-2H3;1H. The Kier molecular flexibility index (Phi) is 8.38. The van der Waals surface area contributed by atoms with Crippen molar-refractivity contribution in [2.75, 3.05) is 46.9 Å². The first-order valence-corrected chi connectivity index (χ1v) is 9.60. The lowest BCUT2D eigenvalue weighted by molar-refractivity contribution is -0.140. The zero-order valence-corrected chi connectivity index (χ0v) is 17.4. The number of carbonyl (C=O) groups is 2. The van der Waals surface area contributed by atoms with E-state index >= 15 is 0 Å². The number of piperidine rings is 1. The zero-order chi connectivity index (χ0) is 19.2. The summed E-state index contributed by atoms with van der Waals surface area (Å²) in [5.74, 6) is 1.74. The van der Waals surface area contributed by atoms with Crippen molar-refractivity contribution in [2.45, 2.75) is 31.7 Å². The average molecular weight is 412 g/mol. The van der Waals surface area contributed by atoms with Gasteiger partial charge in [0, 0.05) is 44.7 Å². The first-order valence-electron chi connectivity index (χ1n) is 9.60. The van der Waals surface area contributed by atoms with Crippen LogP contribution in [-0.2, 0) is 16.0 Å². The molecule has 2 heterocycles. The molecule has 2 fully saturated rings. The van der Waals surface area contributed by atoms with E-state index in [0.717, 1.165) is 49.5 Å². The van der Waals surface area contributed by atoms with Gasteiger partial charge in [0.05, 0.1) is 20.8 Å². The number of methoxy groups -OCH3 is 2. The predicted octanol–water partition coefficient (Wildman–Crippen LogP) is 1.48. The van der Waals surface area contributed by atoms with Crippen LogP contribution in [0.15, 0.2) is 18.2 Å². The van der Waals surface area contributed by atoms with E-state index in [4.69, 9.17) is 9.47 Å². The molecule has 2 aliphatic heterocycles. The number of ether oxygens (including phenoxy) is 2. The minimum atomic E-state index is 0. The van der Waals surface area contributed by atoms with Crippen LogP contribution in [0.3, 0.4) is 0 Å². The van der Waals surface area contributed by atoms with Gasteiger partial charge in [0.2, 0.25) is 11.8 Å². The highest BCUT2D eigenvalue weighted by Gasteiger charge is 2.31. The van der Waals surface area contributed by atoms with Crippen LogP contribution in [0, 0.1) is 0 Å². The van der Waals surface area contributed by atoms with Crippen LogP contribution in [-0.4, -0.2) is 74.6 Å². The molecular formula is C20H30ClN3O4. The Morgan fingerprint density at radius 1 is 1.18 bits per heavy atom. The molecule has 3 rings (SSSR count). The lowest BCUT2D eigenvalue weighted by atomic mass is 10.0. The lowest BCUT2D eigenvalue weighted by Gasteiger charge is -2.41. The van der Waals surface area contributed by atoms with E-state index in [2.05, 4.69) is 5.32 Å². The lowest BCUT2D eigenvalue weighted by Crippen LogP contribution is -2.57. The van der Waals surface area contributed by atoms with Crippen molar-refractivity contribution in [3.8, 4) is 11.5 Å². The summed E-state index contributed by atoms with van der Waals surface area (Å²) < 4.78 is 10.6. The maximum absolute atomic E-state index is 12.7. The van der Waals surface area contributed by atoms with Gasteiger partial charge in [-0.1, -0.05) is 0 Å². The minimum absolute atomic E-state index is 0. The van der Waals surface area contributed by atoms with Gasteiger partial charge in [0.1, 0.15) is 11.5 Å². The number of rotatable bonds is 6. The first-order chi connectivity index (χ1) is 13.1. The molecule has 0 bridgehead atoms. The third-order valence-electron chi connectivity index (χ3n) is 5.35. The largest absolute Gasteiger partial charge is 0.497 e. The zero-order valence-electron chi connectivity index (χ0n) is 16.6. The minimum Gasteiger partial charge on any atom is -0.497 e. The quantitative estimate of drug-likeness (QED) is 0.767. The van der Waals surface area contributed by atoms with Gasteiger partial charge < -0.3 is 24.6 Å². The number of nitrogens with zero attached hydrogens (tertiary/aromatic N) is 2. The summed E-state index contributed by atoms with van der Waals surface area (Å²) in [6.45, 7) is 3.38. The van der Waals surface area contributed by atoms with Crippen molar-refractivity contribution in [1.82, 2.24) is 15.1 Å². The number of aryl methyl sites for hydroxylation is 1. The maximum Gasteiger partial charge on any atom is 0.236 e. The molecule has 2 aliphatic rings. The molecule has 1 atom stereocenters. The molecule has 7 nitrogen and oxygen atoms in total. The molecule has 8 heteroatoms. The van der Waals surface area contributed by atoms with Crippen molar-refractivity contribution in [3.05, 3.63) is 23.8 Å². The Bertz CT molecular complexity index is 663. The van der Waals surface area contributed by atoms with Gasteiger partial charge in [0.15, 0.2) is 0 Å². The third kappa shape index (κ3) is 5.52. The van der Waals surface area contributed by atoms with E-state index in [0.29, 0.717) is 25.9 Å². The molecule has 0 aliphatic carbocycles. The summed E-state index contributed by atoms with van der Waals surface area (Å²) >= 11 is 0. The summed E-state index contributed by atoms with van der Waals surface area (Å²) in [6.07, 6.45) is 3.00. The predicted molar refractivity (Wildman–Crippen MR) is 109 cm³/mol. The third-order valence-corrected chi connectivity index (χ3v) is 5.35. The molecule has 0 aromatic heterocycles. The van der Waals surface area contributed by atoms with Crippen LogP contribution in [0.1, 0.15) is 24.8 Å². The Labute approximate surface area is 172 Å². The van der Waals surface area contributed by atoms with Crippen LogP contribution < -0.4 is 14.8 Å². The Hall–Kier alpha value is -1.99. The Morgan fingerprint density at radius 2 is 1.89 bits per heavy atom. The van der Waals surface area contributed by atoms with Gasteiger partial charge in [-0.2, -0.15) is 0 Å². The molecule has 156 valence electrons. The number of hydrogen-bond acceptors (Lipinski definition) is 5. The highest BCUT2D eigenvalue weighted by molar-refractivity contribution is 5.85. The van der Waals surface area contributed by atoms with E-state index in [-0.39, 0.29) is 30.3 Å². The summed E-state index contributed by atoms with van der Waals surface area (Å²) in [5.41, 5.74) is 1.02. The molecular weight excluding hydrogens is 382 g/mol. The molecule has 0 saturated carbocycles. The molecule has 1 N–H and O–H groups in total. The SMILES string of the molecule is COc1cc(CCC(=O)N2CCCC(N3CCNCC3=O)C2)cc(OC)c1.Cl. The molecule has 2 saturated heterocycles. The van der Waals surface area contributed by atoms with Crippen LogP contribution in [0.25, 0.3) is 0 Å². The highest BCUT2D eigenvalue weighted by Crippen LogP contribution is 2.24. The van der Waals surface area contributed by atoms with Gasteiger partial charge in [-0.15, -0.1) is 12.4 Å². The van der Waals surface area contributed by atoms with E-state index in [9.17, 15) is 9.59 Å². The smallest absolute Gasteiger partial charge is 0.236 e. The highest BCUT2D eigenvalue weighted by atomic mass is 35.5. The number of halogens is 1. The number of piperazine rings is 1. The number of likely N-dealkylation sites (tertiary alicyclic amines) is 1. The van der Waals surface area contributed by atoms with Crippen molar-refractivity contribution >= 4 is 24.2 Å². The number of amides is 2. The summed E-state index contributed by atoms with van der Waals surface area (Å²) in [4.78, 5) is 28.7. The van der Waals surface area contributed by atoms with Crippen molar-refractivity contribution in [3.63, 3.8) is 0 Å². The van der Waals surface area contributed by atoms with Gasteiger partial charge in [-0.3, -0.25) is 9.59 Å². The van der Waals surface area contributed by atoms with Gasteiger partial charge in [-0.25, -0.2) is 0 Å². The first kappa shape index (κ1) is 22.3. The van der Waals surface area contributed by atoms with Crippen LogP contribution in [0.4, 0.5) is 0 Å². The van der Waals surface area contributed by atoms with E-state index in [1.54, 1.807) is 14.2 Å². The summed E-state index contributed by atoms with van der Waals surface area (Å²) in [7, 11) is 3.24. The van der Waals surface area contributed by atoms with Crippen LogP contribution in [0.5, 0.6) is 11.5 Å². The summed E-state index contributed by atoms with van der Waals surface area (Å²) in [6, 6.07) is 5.85. The fraction of sp³-hybridized carbons (Fsp3) is 0.600. The molecule has 2 amide bonds. The topological polar surface area (TPSA) is 71.1 Å². The molecule has 1 unspecified atom stereocenters. The fourth-order valence-corrected chi connectivity index (χ4v) is 3.86.